The molecule has 0 radical (unpaired) electrons. The van der Waals surface area contributed by atoms with Crippen LogP contribution in [0.2, 0.25) is 0 Å². The van der Waals surface area contributed by atoms with E-state index >= 15 is 0 Å². The Balaban J connectivity index is 0.00000225. The Morgan fingerprint density at radius 1 is 1.24 bits per heavy atom. The number of likely N-dealkylation sites (tertiary alicyclic amines) is 1. The Kier molecular flexibility index (Phi) is 6.29. The number of amides is 1. The van der Waals surface area contributed by atoms with Gasteiger partial charge in [0.1, 0.15) is 0 Å². The Hall–Kier alpha value is -1.38. The van der Waals surface area contributed by atoms with E-state index in [-0.39, 0.29) is 35.0 Å². The zero-order chi connectivity index (χ0) is 17.3. The molecule has 0 spiro atoms. The average molecular weight is 393 g/mol. The fraction of sp³-hybridized carbons (Fsp3) is 0.562. The van der Waals surface area contributed by atoms with Crippen molar-refractivity contribution in [2.24, 2.45) is 0 Å². The molecule has 25 heavy (non-hydrogen) atoms. The van der Waals surface area contributed by atoms with Crippen LogP contribution >= 0.6 is 12.4 Å². The number of sulfone groups is 1. The lowest BCUT2D eigenvalue weighted by atomic mass is 10.1. The van der Waals surface area contributed by atoms with Crippen molar-refractivity contribution in [2.45, 2.75) is 36.3 Å². The molecule has 2 heterocycles. The van der Waals surface area contributed by atoms with Crippen molar-refractivity contribution in [1.29, 1.82) is 0 Å². The minimum absolute atomic E-state index is 0. The molecule has 0 saturated carbocycles. The minimum Gasteiger partial charge on any atom is -0.477 e. The summed E-state index contributed by atoms with van der Waals surface area (Å²) in [6.45, 7) is 2.39. The largest absolute Gasteiger partial charge is 0.477 e. The van der Waals surface area contributed by atoms with Gasteiger partial charge in [0.15, 0.2) is 27.5 Å². The SMILES string of the molecule is CS(=O)(=O)c1ccc(OC2CCN(C3CCNCC3)C2=O)c(F)c1.Cl. The van der Waals surface area contributed by atoms with Crippen molar-refractivity contribution in [3.63, 3.8) is 0 Å². The van der Waals surface area contributed by atoms with Gasteiger partial charge in [0.05, 0.1) is 4.90 Å². The van der Waals surface area contributed by atoms with E-state index in [0.717, 1.165) is 38.3 Å². The van der Waals surface area contributed by atoms with Crippen molar-refractivity contribution in [3.8, 4) is 5.75 Å². The summed E-state index contributed by atoms with van der Waals surface area (Å²) >= 11 is 0. The first kappa shape index (κ1) is 19.9. The van der Waals surface area contributed by atoms with Crippen molar-refractivity contribution < 1.29 is 22.3 Å². The predicted octanol–water partition coefficient (Wildman–Crippen LogP) is 1.38. The maximum Gasteiger partial charge on any atom is 0.263 e. The lowest BCUT2D eigenvalue weighted by molar-refractivity contribution is -0.135. The molecule has 2 aliphatic heterocycles. The fourth-order valence-corrected chi connectivity index (χ4v) is 3.86. The highest BCUT2D eigenvalue weighted by Gasteiger charge is 2.38. The molecule has 1 atom stereocenters. The van der Waals surface area contributed by atoms with Gasteiger partial charge >= 0.3 is 0 Å². The average Bonchev–Trinajstić information content (AvgIpc) is 2.90. The Bertz CT molecular complexity index is 738. The molecular weight excluding hydrogens is 371 g/mol. The first-order valence-corrected chi connectivity index (χ1v) is 9.93. The molecule has 1 unspecified atom stereocenters. The molecule has 0 aromatic heterocycles. The molecule has 2 fully saturated rings. The van der Waals surface area contributed by atoms with Crippen LogP contribution in [-0.4, -0.2) is 57.3 Å². The van der Waals surface area contributed by atoms with E-state index in [0.29, 0.717) is 13.0 Å². The summed E-state index contributed by atoms with van der Waals surface area (Å²) in [5.74, 6) is -0.979. The topological polar surface area (TPSA) is 75.7 Å². The van der Waals surface area contributed by atoms with Crippen LogP contribution in [0.3, 0.4) is 0 Å². The molecule has 1 aromatic carbocycles. The second kappa shape index (κ2) is 7.88. The first-order valence-electron chi connectivity index (χ1n) is 8.04. The number of rotatable bonds is 4. The number of halogens is 2. The molecule has 1 N–H and O–H groups in total. The van der Waals surface area contributed by atoms with Gasteiger partial charge in [-0.2, -0.15) is 0 Å². The van der Waals surface area contributed by atoms with Gasteiger partial charge in [0.25, 0.3) is 5.91 Å². The van der Waals surface area contributed by atoms with Crippen molar-refractivity contribution >= 4 is 28.2 Å². The lowest BCUT2D eigenvalue weighted by Gasteiger charge is -2.31. The number of piperidine rings is 1. The third kappa shape index (κ3) is 4.43. The molecular formula is C16H22ClFN2O4S. The standard InChI is InChI=1S/C16H21FN2O4S.ClH/c1-24(21,22)12-2-3-14(13(17)10-12)23-15-6-9-19(16(15)20)11-4-7-18-8-5-11;/h2-3,10-11,15,18H,4-9H2,1H3;1H. The number of hydrogen-bond acceptors (Lipinski definition) is 5. The maximum atomic E-state index is 14.1. The molecule has 1 aromatic rings. The van der Waals surface area contributed by atoms with Crippen LogP contribution in [-0.2, 0) is 14.6 Å². The van der Waals surface area contributed by atoms with E-state index in [1.165, 1.54) is 12.1 Å². The highest BCUT2D eigenvalue weighted by molar-refractivity contribution is 7.90. The van der Waals surface area contributed by atoms with Crippen LogP contribution in [0.15, 0.2) is 23.1 Å². The number of carbonyl (C=O) groups excluding carboxylic acids is 1. The zero-order valence-corrected chi connectivity index (χ0v) is 15.5. The first-order chi connectivity index (χ1) is 11.4. The van der Waals surface area contributed by atoms with Gasteiger partial charge in [-0.25, -0.2) is 12.8 Å². The summed E-state index contributed by atoms with van der Waals surface area (Å²) < 4.78 is 42.5. The van der Waals surface area contributed by atoms with Crippen LogP contribution in [0, 0.1) is 5.82 Å². The van der Waals surface area contributed by atoms with E-state index in [1.807, 2.05) is 4.90 Å². The molecule has 6 nitrogen and oxygen atoms in total. The molecule has 0 bridgehead atoms. The van der Waals surface area contributed by atoms with E-state index in [1.54, 1.807) is 0 Å². The molecule has 9 heteroatoms. The summed E-state index contributed by atoms with van der Waals surface area (Å²) in [4.78, 5) is 14.2. The minimum atomic E-state index is -3.48. The monoisotopic (exact) mass is 392 g/mol. The molecule has 1 amide bonds. The van der Waals surface area contributed by atoms with Crippen molar-refractivity contribution in [1.82, 2.24) is 10.2 Å². The summed E-state index contributed by atoms with van der Waals surface area (Å²) in [5.41, 5.74) is 0. The molecule has 0 aliphatic carbocycles. The van der Waals surface area contributed by atoms with Gasteiger partial charge in [-0.3, -0.25) is 4.79 Å². The Labute approximate surface area is 153 Å². The summed E-state index contributed by atoms with van der Waals surface area (Å²) in [6, 6.07) is 3.70. The summed E-state index contributed by atoms with van der Waals surface area (Å²) in [5, 5.41) is 3.26. The van der Waals surface area contributed by atoms with Gasteiger partial charge in [-0.05, 0) is 44.1 Å². The third-order valence-corrected chi connectivity index (χ3v) is 5.65. The molecule has 2 aliphatic rings. The van der Waals surface area contributed by atoms with Crippen LogP contribution < -0.4 is 10.1 Å². The number of benzene rings is 1. The van der Waals surface area contributed by atoms with Gasteiger partial charge in [-0.1, -0.05) is 0 Å². The van der Waals surface area contributed by atoms with Crippen LogP contribution in [0.1, 0.15) is 19.3 Å². The molecule has 2 saturated heterocycles. The number of nitrogens with zero attached hydrogens (tertiary/aromatic N) is 1. The van der Waals surface area contributed by atoms with Gasteiger partial charge in [0, 0.05) is 25.3 Å². The smallest absolute Gasteiger partial charge is 0.263 e. The number of nitrogens with one attached hydrogen (secondary N) is 1. The quantitative estimate of drug-likeness (QED) is 0.837. The second-order valence-corrected chi connectivity index (χ2v) is 8.29. The lowest BCUT2D eigenvalue weighted by Crippen LogP contribution is -2.45. The number of hydrogen-bond donors (Lipinski definition) is 1. The highest BCUT2D eigenvalue weighted by atomic mass is 35.5. The van der Waals surface area contributed by atoms with E-state index < -0.39 is 21.8 Å². The maximum absolute atomic E-state index is 14.1. The van der Waals surface area contributed by atoms with Crippen LogP contribution in [0.5, 0.6) is 5.75 Å². The van der Waals surface area contributed by atoms with Crippen LogP contribution in [0.25, 0.3) is 0 Å². The molecule has 140 valence electrons. The van der Waals surface area contributed by atoms with Gasteiger partial charge < -0.3 is 15.0 Å². The summed E-state index contributed by atoms with van der Waals surface area (Å²) in [6.07, 6.45) is 2.64. The van der Waals surface area contributed by atoms with Crippen molar-refractivity contribution in [2.75, 3.05) is 25.9 Å². The summed E-state index contributed by atoms with van der Waals surface area (Å²) in [7, 11) is -3.48. The van der Waals surface area contributed by atoms with Crippen molar-refractivity contribution in [3.05, 3.63) is 24.0 Å². The normalized spacial score (nSPS) is 21.9. The number of carbonyl (C=O) groups is 1. The molecule has 3 rings (SSSR count). The van der Waals surface area contributed by atoms with Gasteiger partial charge in [-0.15, -0.1) is 12.4 Å². The van der Waals surface area contributed by atoms with E-state index in [2.05, 4.69) is 5.32 Å². The van der Waals surface area contributed by atoms with E-state index in [4.69, 9.17) is 4.74 Å². The number of ether oxygens (including phenoxy) is 1. The Morgan fingerprint density at radius 2 is 1.92 bits per heavy atom. The fourth-order valence-electron chi connectivity index (χ4n) is 3.23. The Morgan fingerprint density at radius 3 is 2.52 bits per heavy atom. The highest BCUT2D eigenvalue weighted by Crippen LogP contribution is 2.27. The van der Waals surface area contributed by atoms with Gasteiger partial charge in [0.2, 0.25) is 0 Å². The second-order valence-electron chi connectivity index (χ2n) is 6.27. The predicted molar refractivity (Wildman–Crippen MR) is 93.4 cm³/mol. The van der Waals surface area contributed by atoms with E-state index in [9.17, 15) is 17.6 Å². The zero-order valence-electron chi connectivity index (χ0n) is 13.9. The third-order valence-electron chi connectivity index (χ3n) is 4.54. The van der Waals surface area contributed by atoms with Crippen LogP contribution in [0.4, 0.5) is 4.39 Å².